The summed E-state index contributed by atoms with van der Waals surface area (Å²) in [7, 11) is 0. The number of benzene rings is 1. The molecule has 19 heavy (non-hydrogen) atoms. The predicted molar refractivity (Wildman–Crippen MR) is 75.5 cm³/mol. The van der Waals surface area contributed by atoms with E-state index in [0.29, 0.717) is 23.6 Å². The van der Waals surface area contributed by atoms with Crippen molar-refractivity contribution >= 4 is 45.2 Å². The van der Waals surface area contributed by atoms with Gasteiger partial charge in [-0.2, -0.15) is 0 Å². The van der Waals surface area contributed by atoms with E-state index in [1.165, 1.54) is 0 Å². The Morgan fingerprint density at radius 1 is 1.37 bits per heavy atom. The fourth-order valence-electron chi connectivity index (χ4n) is 1.88. The topological polar surface area (TPSA) is 78.4 Å². The van der Waals surface area contributed by atoms with Gasteiger partial charge in [-0.3, -0.25) is 0 Å². The Morgan fingerprint density at radius 3 is 2.53 bits per heavy atom. The number of hydrogen-bond donors (Lipinski definition) is 3. The van der Waals surface area contributed by atoms with Crippen molar-refractivity contribution in [3.63, 3.8) is 0 Å². The highest BCUT2D eigenvalue weighted by Gasteiger charge is 2.45. The second-order valence-corrected chi connectivity index (χ2v) is 5.77. The number of halogens is 2. The minimum Gasteiger partial charge on any atom is -0.480 e. The average molecular weight is 348 g/mol. The summed E-state index contributed by atoms with van der Waals surface area (Å²) in [5.41, 5.74) is -0.700. The Morgan fingerprint density at radius 2 is 2.05 bits per heavy atom. The van der Waals surface area contributed by atoms with Crippen molar-refractivity contribution in [1.29, 1.82) is 0 Å². The Kier molecular flexibility index (Phi) is 4.01. The molecule has 2 rings (SSSR count). The molecule has 2 amide bonds. The molecular formula is C12H12BrClN2O3. The van der Waals surface area contributed by atoms with Gasteiger partial charge in [-0.05, 0) is 37.5 Å². The molecule has 0 bridgehead atoms. The van der Waals surface area contributed by atoms with E-state index in [1.54, 1.807) is 18.2 Å². The fraction of sp³-hybridized carbons (Fsp3) is 0.333. The number of amides is 2. The lowest BCUT2D eigenvalue weighted by Gasteiger charge is -2.38. The van der Waals surface area contributed by atoms with Crippen LogP contribution in [0.3, 0.4) is 0 Å². The van der Waals surface area contributed by atoms with E-state index in [4.69, 9.17) is 16.7 Å². The number of urea groups is 1. The molecule has 3 N–H and O–H groups in total. The third-order valence-corrected chi connectivity index (χ3v) is 3.95. The van der Waals surface area contributed by atoms with Gasteiger partial charge in [0.15, 0.2) is 0 Å². The first kappa shape index (κ1) is 14.1. The van der Waals surface area contributed by atoms with Gasteiger partial charge in [0, 0.05) is 4.47 Å². The molecule has 0 unspecified atom stereocenters. The summed E-state index contributed by atoms with van der Waals surface area (Å²) < 4.78 is 0.796. The van der Waals surface area contributed by atoms with Crippen molar-refractivity contribution in [2.24, 2.45) is 0 Å². The van der Waals surface area contributed by atoms with Crippen molar-refractivity contribution in [1.82, 2.24) is 5.32 Å². The Bertz CT molecular complexity index is 532. The second-order valence-electron chi connectivity index (χ2n) is 4.44. The van der Waals surface area contributed by atoms with Crippen molar-refractivity contribution < 1.29 is 14.7 Å². The van der Waals surface area contributed by atoms with Crippen molar-refractivity contribution in [3.05, 3.63) is 27.7 Å². The monoisotopic (exact) mass is 346 g/mol. The molecule has 0 aliphatic heterocycles. The van der Waals surface area contributed by atoms with Gasteiger partial charge in [0.2, 0.25) is 0 Å². The summed E-state index contributed by atoms with van der Waals surface area (Å²) in [6.45, 7) is 0. The molecule has 1 saturated carbocycles. The zero-order valence-electron chi connectivity index (χ0n) is 9.87. The summed E-state index contributed by atoms with van der Waals surface area (Å²) >= 11 is 9.23. The van der Waals surface area contributed by atoms with Gasteiger partial charge in [0.25, 0.3) is 0 Å². The maximum atomic E-state index is 11.8. The van der Waals surface area contributed by atoms with Gasteiger partial charge in [-0.1, -0.05) is 27.5 Å². The van der Waals surface area contributed by atoms with Crippen LogP contribution >= 0.6 is 27.5 Å². The normalized spacial score (nSPS) is 16.3. The van der Waals surface area contributed by atoms with Gasteiger partial charge >= 0.3 is 12.0 Å². The standard InChI is InChI=1S/C12H12BrClN2O3/c13-7-2-3-9(8(14)6-7)15-11(19)16-12(10(17)18)4-1-5-12/h2-3,6H,1,4-5H2,(H,17,18)(H2,15,16,19). The summed E-state index contributed by atoms with van der Waals surface area (Å²) in [5.74, 6) is -1.00. The highest BCUT2D eigenvalue weighted by molar-refractivity contribution is 9.10. The third-order valence-electron chi connectivity index (χ3n) is 3.15. The molecule has 0 spiro atoms. The number of nitrogens with one attached hydrogen (secondary N) is 2. The van der Waals surface area contributed by atoms with Gasteiger partial charge in [0.1, 0.15) is 5.54 Å². The van der Waals surface area contributed by atoms with Crippen LogP contribution in [0.15, 0.2) is 22.7 Å². The lowest BCUT2D eigenvalue weighted by Crippen LogP contribution is -2.60. The van der Waals surface area contributed by atoms with Crippen molar-refractivity contribution in [3.8, 4) is 0 Å². The Balaban J connectivity index is 2.03. The molecule has 0 radical (unpaired) electrons. The molecule has 1 aliphatic rings. The van der Waals surface area contributed by atoms with E-state index in [0.717, 1.165) is 10.9 Å². The quantitative estimate of drug-likeness (QED) is 0.785. The maximum Gasteiger partial charge on any atom is 0.329 e. The number of carboxylic acid groups (broad SMARTS) is 1. The maximum absolute atomic E-state index is 11.8. The van der Waals surface area contributed by atoms with E-state index >= 15 is 0 Å². The molecular weight excluding hydrogens is 336 g/mol. The van der Waals surface area contributed by atoms with E-state index in [9.17, 15) is 9.59 Å². The number of carbonyl (C=O) groups is 2. The fourth-order valence-corrected chi connectivity index (χ4v) is 2.61. The van der Waals surface area contributed by atoms with Crippen LogP contribution in [0.25, 0.3) is 0 Å². The summed E-state index contributed by atoms with van der Waals surface area (Å²) in [6, 6.07) is 4.46. The molecule has 1 aromatic rings. The van der Waals surface area contributed by atoms with Crippen LogP contribution in [0.4, 0.5) is 10.5 Å². The van der Waals surface area contributed by atoms with Crippen LogP contribution in [-0.4, -0.2) is 22.6 Å². The highest BCUT2D eigenvalue weighted by Crippen LogP contribution is 2.32. The van der Waals surface area contributed by atoms with Crippen LogP contribution in [-0.2, 0) is 4.79 Å². The van der Waals surface area contributed by atoms with Crippen LogP contribution < -0.4 is 10.6 Å². The molecule has 1 aliphatic carbocycles. The van der Waals surface area contributed by atoms with Crippen molar-refractivity contribution in [2.75, 3.05) is 5.32 Å². The Hall–Kier alpha value is -1.27. The van der Waals surface area contributed by atoms with Crippen LogP contribution in [0.5, 0.6) is 0 Å². The summed E-state index contributed by atoms with van der Waals surface area (Å²) in [5, 5.41) is 14.5. The largest absolute Gasteiger partial charge is 0.480 e. The van der Waals surface area contributed by atoms with E-state index in [1.807, 2.05) is 0 Å². The van der Waals surface area contributed by atoms with E-state index in [2.05, 4.69) is 26.6 Å². The lowest BCUT2D eigenvalue weighted by molar-refractivity contribution is -0.148. The van der Waals surface area contributed by atoms with Crippen molar-refractivity contribution in [2.45, 2.75) is 24.8 Å². The Labute approximate surface area is 123 Å². The minimum absolute atomic E-state index is 0.377. The van der Waals surface area contributed by atoms with Crippen LogP contribution in [0, 0.1) is 0 Å². The molecule has 0 saturated heterocycles. The average Bonchev–Trinajstić information content (AvgIpc) is 2.27. The molecule has 0 atom stereocenters. The smallest absolute Gasteiger partial charge is 0.329 e. The zero-order valence-corrected chi connectivity index (χ0v) is 12.2. The molecule has 1 aromatic carbocycles. The molecule has 7 heteroatoms. The first-order chi connectivity index (χ1) is 8.93. The minimum atomic E-state index is -1.13. The molecule has 0 aromatic heterocycles. The third kappa shape index (κ3) is 3.01. The second kappa shape index (κ2) is 5.38. The first-order valence-corrected chi connectivity index (χ1v) is 6.88. The number of carboxylic acids is 1. The van der Waals surface area contributed by atoms with Gasteiger partial charge < -0.3 is 15.7 Å². The lowest BCUT2D eigenvalue weighted by atomic mass is 9.77. The first-order valence-electron chi connectivity index (χ1n) is 5.70. The number of rotatable bonds is 3. The number of carbonyl (C=O) groups excluding carboxylic acids is 1. The van der Waals surface area contributed by atoms with E-state index < -0.39 is 17.5 Å². The van der Waals surface area contributed by atoms with Crippen LogP contribution in [0.1, 0.15) is 19.3 Å². The molecule has 102 valence electrons. The van der Waals surface area contributed by atoms with Crippen LogP contribution in [0.2, 0.25) is 5.02 Å². The molecule has 1 fully saturated rings. The zero-order chi connectivity index (χ0) is 14.0. The SMILES string of the molecule is O=C(Nc1ccc(Br)cc1Cl)NC1(C(=O)O)CCC1. The number of anilines is 1. The van der Waals surface area contributed by atoms with Gasteiger partial charge in [-0.25, -0.2) is 9.59 Å². The summed E-state index contributed by atoms with van der Waals surface area (Å²) in [6.07, 6.45) is 1.69. The molecule has 5 nitrogen and oxygen atoms in total. The van der Waals surface area contributed by atoms with Gasteiger partial charge in [-0.15, -0.1) is 0 Å². The van der Waals surface area contributed by atoms with Gasteiger partial charge in [0.05, 0.1) is 10.7 Å². The number of aliphatic carboxylic acids is 1. The number of hydrogen-bond acceptors (Lipinski definition) is 2. The van der Waals surface area contributed by atoms with E-state index in [-0.39, 0.29) is 0 Å². The summed E-state index contributed by atoms with van der Waals surface area (Å²) in [4.78, 5) is 22.9. The predicted octanol–water partition coefficient (Wildman–Crippen LogP) is 3.23. The molecule has 0 heterocycles. The highest BCUT2D eigenvalue weighted by atomic mass is 79.9.